The summed E-state index contributed by atoms with van der Waals surface area (Å²) in [6.45, 7) is 4.62. The highest BCUT2D eigenvalue weighted by molar-refractivity contribution is 9.12. The van der Waals surface area contributed by atoms with Crippen molar-refractivity contribution < 1.29 is 9.47 Å². The van der Waals surface area contributed by atoms with Gasteiger partial charge >= 0.3 is 0 Å². The Morgan fingerprint density at radius 2 is 2.25 bits per heavy atom. The van der Waals surface area contributed by atoms with Crippen molar-refractivity contribution in [3.05, 3.63) is 27.7 Å². The van der Waals surface area contributed by atoms with Gasteiger partial charge in [-0.05, 0) is 53.9 Å². The standard InChI is InChI=1S/C15H17BrN2O2/c1-4-20-14-6-10-5-9(2)18-15(12(16)8-17)11(10)7-13(14)19-3/h6-7,9,18H,4-5H2,1-3H3. The lowest BCUT2D eigenvalue weighted by Crippen LogP contribution is -2.32. The van der Waals surface area contributed by atoms with Crippen LogP contribution < -0.4 is 14.8 Å². The first kappa shape index (κ1) is 14.7. The summed E-state index contributed by atoms with van der Waals surface area (Å²) in [5.41, 5.74) is 2.95. The molecule has 2 rings (SSSR count). The molecule has 0 saturated heterocycles. The molecule has 0 spiro atoms. The topological polar surface area (TPSA) is 54.3 Å². The predicted molar refractivity (Wildman–Crippen MR) is 81.9 cm³/mol. The van der Waals surface area contributed by atoms with Gasteiger partial charge in [-0.1, -0.05) is 0 Å². The van der Waals surface area contributed by atoms with Crippen molar-refractivity contribution in [3.8, 4) is 17.6 Å². The zero-order chi connectivity index (χ0) is 14.7. The van der Waals surface area contributed by atoms with E-state index in [0.29, 0.717) is 16.8 Å². The van der Waals surface area contributed by atoms with E-state index in [1.165, 1.54) is 0 Å². The number of hydrogen-bond acceptors (Lipinski definition) is 4. The second kappa shape index (κ2) is 6.19. The van der Waals surface area contributed by atoms with Crippen LogP contribution in [0, 0.1) is 11.3 Å². The molecule has 1 unspecified atom stereocenters. The van der Waals surface area contributed by atoms with E-state index in [9.17, 15) is 0 Å². The summed E-state index contributed by atoms with van der Waals surface area (Å²) in [7, 11) is 1.62. The van der Waals surface area contributed by atoms with Crippen LogP contribution in [0.4, 0.5) is 0 Å². The number of ether oxygens (including phenoxy) is 2. The second-order valence-electron chi connectivity index (χ2n) is 4.64. The Balaban J connectivity index is 2.60. The monoisotopic (exact) mass is 336 g/mol. The van der Waals surface area contributed by atoms with Crippen LogP contribution >= 0.6 is 15.9 Å². The number of halogens is 1. The average molecular weight is 337 g/mol. The van der Waals surface area contributed by atoms with E-state index in [-0.39, 0.29) is 6.04 Å². The molecule has 106 valence electrons. The van der Waals surface area contributed by atoms with Crippen molar-refractivity contribution in [1.29, 1.82) is 5.26 Å². The van der Waals surface area contributed by atoms with Crippen molar-refractivity contribution in [2.24, 2.45) is 0 Å². The largest absolute Gasteiger partial charge is 0.493 e. The van der Waals surface area contributed by atoms with E-state index in [2.05, 4.69) is 34.2 Å². The maximum atomic E-state index is 9.11. The van der Waals surface area contributed by atoms with Gasteiger partial charge in [0.1, 0.15) is 10.6 Å². The van der Waals surface area contributed by atoms with Crippen LogP contribution in [0.5, 0.6) is 11.5 Å². The lowest BCUT2D eigenvalue weighted by atomic mass is 9.93. The van der Waals surface area contributed by atoms with Crippen LogP contribution in [0.25, 0.3) is 5.70 Å². The second-order valence-corrected chi connectivity index (χ2v) is 5.44. The summed E-state index contributed by atoms with van der Waals surface area (Å²) in [6, 6.07) is 6.33. The number of nitrogens with zero attached hydrogens (tertiary/aromatic N) is 1. The molecular weight excluding hydrogens is 320 g/mol. The van der Waals surface area contributed by atoms with E-state index in [0.717, 1.165) is 29.0 Å². The Kier molecular flexibility index (Phi) is 4.56. The maximum Gasteiger partial charge on any atom is 0.161 e. The minimum absolute atomic E-state index is 0.265. The summed E-state index contributed by atoms with van der Waals surface area (Å²) in [4.78, 5) is 0. The van der Waals surface area contributed by atoms with Crippen LogP contribution in [0.1, 0.15) is 25.0 Å². The summed E-state index contributed by atoms with van der Waals surface area (Å²) < 4.78 is 11.5. The van der Waals surface area contributed by atoms with Crippen LogP contribution in [-0.2, 0) is 6.42 Å². The fraction of sp³-hybridized carbons (Fsp3) is 0.400. The highest BCUT2D eigenvalue weighted by Crippen LogP contribution is 2.37. The summed E-state index contributed by atoms with van der Waals surface area (Å²) in [6.07, 6.45) is 0.884. The molecule has 0 fully saturated rings. The molecule has 1 aliphatic rings. The Labute approximate surface area is 127 Å². The van der Waals surface area contributed by atoms with Gasteiger partial charge in [-0.25, -0.2) is 0 Å². The first-order valence-electron chi connectivity index (χ1n) is 6.51. The molecule has 0 amide bonds. The van der Waals surface area contributed by atoms with Gasteiger partial charge in [-0.2, -0.15) is 5.26 Å². The summed E-state index contributed by atoms with van der Waals surface area (Å²) >= 11 is 3.32. The highest BCUT2D eigenvalue weighted by atomic mass is 79.9. The molecule has 1 N–H and O–H groups in total. The van der Waals surface area contributed by atoms with Crippen molar-refractivity contribution >= 4 is 21.6 Å². The van der Waals surface area contributed by atoms with E-state index in [1.807, 2.05) is 19.1 Å². The Morgan fingerprint density at radius 3 is 2.85 bits per heavy atom. The molecule has 20 heavy (non-hydrogen) atoms. The van der Waals surface area contributed by atoms with E-state index in [1.54, 1.807) is 7.11 Å². The van der Waals surface area contributed by atoms with Gasteiger partial charge < -0.3 is 14.8 Å². The van der Waals surface area contributed by atoms with Gasteiger partial charge in [0.15, 0.2) is 11.5 Å². The zero-order valence-corrected chi connectivity index (χ0v) is 13.4. The molecular formula is C15H17BrN2O2. The van der Waals surface area contributed by atoms with Gasteiger partial charge in [-0.15, -0.1) is 0 Å². The SMILES string of the molecule is CCOc1cc2c(cc1OC)C(=C(Br)C#N)NC(C)C2. The molecule has 1 atom stereocenters. The smallest absolute Gasteiger partial charge is 0.161 e. The molecule has 1 aromatic rings. The van der Waals surface area contributed by atoms with Gasteiger partial charge in [0.25, 0.3) is 0 Å². The third-order valence-corrected chi connectivity index (χ3v) is 3.77. The molecule has 5 heteroatoms. The molecule has 1 heterocycles. The van der Waals surface area contributed by atoms with Crippen LogP contribution in [0.2, 0.25) is 0 Å². The van der Waals surface area contributed by atoms with E-state index in [4.69, 9.17) is 14.7 Å². The fourth-order valence-corrected chi connectivity index (χ4v) is 2.70. The molecule has 1 aromatic carbocycles. The third kappa shape index (κ3) is 2.75. The molecule has 1 aliphatic heterocycles. The number of fused-ring (bicyclic) bond motifs is 1. The summed E-state index contributed by atoms with van der Waals surface area (Å²) in [5, 5.41) is 12.5. The number of nitriles is 1. The first-order valence-corrected chi connectivity index (χ1v) is 7.30. The molecule has 0 aromatic heterocycles. The number of nitrogens with one attached hydrogen (secondary N) is 1. The molecule has 0 saturated carbocycles. The molecule has 4 nitrogen and oxygen atoms in total. The van der Waals surface area contributed by atoms with Gasteiger partial charge in [-0.3, -0.25) is 0 Å². The lowest BCUT2D eigenvalue weighted by molar-refractivity contribution is 0.310. The quantitative estimate of drug-likeness (QED) is 0.861. The lowest BCUT2D eigenvalue weighted by Gasteiger charge is -2.28. The fourth-order valence-electron chi connectivity index (χ4n) is 2.37. The van der Waals surface area contributed by atoms with Gasteiger partial charge in [0.2, 0.25) is 0 Å². The van der Waals surface area contributed by atoms with E-state index >= 15 is 0 Å². The predicted octanol–water partition coefficient (Wildman–Crippen LogP) is 3.22. The van der Waals surface area contributed by atoms with Crippen molar-refractivity contribution in [2.45, 2.75) is 26.3 Å². The number of rotatable bonds is 3. The Bertz CT molecular complexity index is 590. The first-order chi connectivity index (χ1) is 9.60. The minimum Gasteiger partial charge on any atom is -0.493 e. The van der Waals surface area contributed by atoms with E-state index < -0.39 is 0 Å². The number of methoxy groups -OCH3 is 1. The number of benzene rings is 1. The zero-order valence-electron chi connectivity index (χ0n) is 11.8. The van der Waals surface area contributed by atoms with Crippen molar-refractivity contribution in [1.82, 2.24) is 5.32 Å². The van der Waals surface area contributed by atoms with Crippen molar-refractivity contribution in [3.63, 3.8) is 0 Å². The third-order valence-electron chi connectivity index (χ3n) is 3.19. The van der Waals surface area contributed by atoms with Crippen molar-refractivity contribution in [2.75, 3.05) is 13.7 Å². The average Bonchev–Trinajstić information content (AvgIpc) is 2.45. The molecule has 0 aliphatic carbocycles. The van der Waals surface area contributed by atoms with Crippen LogP contribution in [0.3, 0.4) is 0 Å². The summed E-state index contributed by atoms with van der Waals surface area (Å²) in [5.74, 6) is 1.42. The van der Waals surface area contributed by atoms with Crippen LogP contribution in [-0.4, -0.2) is 19.8 Å². The van der Waals surface area contributed by atoms with Gasteiger partial charge in [0.05, 0.1) is 19.4 Å². The van der Waals surface area contributed by atoms with Gasteiger partial charge in [0, 0.05) is 11.6 Å². The maximum absolute atomic E-state index is 9.11. The normalized spacial score (nSPS) is 19.4. The number of allylic oxidation sites excluding steroid dienone is 1. The highest BCUT2D eigenvalue weighted by Gasteiger charge is 2.23. The Hall–Kier alpha value is -1.67. The van der Waals surface area contributed by atoms with Crippen LogP contribution in [0.15, 0.2) is 16.6 Å². The number of hydrogen-bond donors (Lipinski definition) is 1. The molecule has 0 radical (unpaired) electrons. The Morgan fingerprint density at radius 1 is 1.50 bits per heavy atom. The molecule has 0 bridgehead atoms. The minimum atomic E-state index is 0.265.